The van der Waals surface area contributed by atoms with Crippen LogP contribution in [0.1, 0.15) is 19.8 Å². The molecule has 1 fully saturated rings. The number of nitrogens with zero attached hydrogens (tertiary/aromatic N) is 1. The smallest absolute Gasteiger partial charge is 0.207 e. The summed E-state index contributed by atoms with van der Waals surface area (Å²) in [5.74, 6) is 0.357. The van der Waals surface area contributed by atoms with E-state index in [2.05, 4.69) is 0 Å². The van der Waals surface area contributed by atoms with Crippen LogP contribution in [0, 0.1) is 5.92 Å². The lowest BCUT2D eigenvalue weighted by Gasteiger charge is -2.16. The second-order valence-corrected chi connectivity index (χ2v) is 8.12. The van der Waals surface area contributed by atoms with E-state index in [1.54, 1.807) is 0 Å². The van der Waals surface area contributed by atoms with Crippen LogP contribution in [0.15, 0.2) is 34.1 Å². The predicted octanol–water partition coefficient (Wildman–Crippen LogP) is 1.77. The molecule has 5 nitrogen and oxygen atoms in total. The number of sulfonamides is 1. The van der Waals surface area contributed by atoms with Crippen molar-refractivity contribution in [2.45, 2.75) is 29.6 Å². The minimum atomic E-state index is -4.81. The maximum atomic E-state index is 12.8. The molecule has 0 bridgehead atoms. The Morgan fingerprint density at radius 1 is 1.15 bits per heavy atom. The fourth-order valence-electron chi connectivity index (χ4n) is 2.27. The van der Waals surface area contributed by atoms with Gasteiger partial charge in [0.2, 0.25) is 10.0 Å². The zero-order valence-electron chi connectivity index (χ0n) is 11.0. The number of halogens is 1. The fourth-order valence-corrected chi connectivity index (χ4v) is 4.26. The standard InChI is InChI=1S/C12H16FNO4S2/c1-2-10-7-8-14(9-10)20(17,18)12-5-3-11(4-6-12)19(13,15)16/h3-6,10H,2,7-9H2,1H3. The van der Waals surface area contributed by atoms with Gasteiger partial charge in [0.15, 0.2) is 0 Å². The first-order chi connectivity index (χ1) is 9.25. The van der Waals surface area contributed by atoms with Crippen LogP contribution in [0.5, 0.6) is 0 Å². The van der Waals surface area contributed by atoms with Gasteiger partial charge in [-0.05, 0) is 36.6 Å². The largest absolute Gasteiger partial charge is 0.332 e. The van der Waals surface area contributed by atoms with Gasteiger partial charge < -0.3 is 0 Å². The Morgan fingerprint density at radius 2 is 1.70 bits per heavy atom. The highest BCUT2D eigenvalue weighted by molar-refractivity contribution is 7.89. The van der Waals surface area contributed by atoms with Gasteiger partial charge in [-0.15, -0.1) is 3.89 Å². The maximum absolute atomic E-state index is 12.8. The summed E-state index contributed by atoms with van der Waals surface area (Å²) in [6, 6.07) is 4.19. The molecule has 0 aliphatic carbocycles. The first-order valence-electron chi connectivity index (χ1n) is 6.30. The van der Waals surface area contributed by atoms with Crippen LogP contribution >= 0.6 is 0 Å². The van der Waals surface area contributed by atoms with Crippen LogP contribution in [0.4, 0.5) is 3.89 Å². The molecule has 1 aromatic carbocycles. The molecule has 0 saturated carbocycles. The molecule has 0 amide bonds. The van der Waals surface area contributed by atoms with Crippen LogP contribution in [0.3, 0.4) is 0 Å². The molecule has 1 aliphatic heterocycles. The minimum Gasteiger partial charge on any atom is -0.207 e. The van der Waals surface area contributed by atoms with Gasteiger partial charge in [0.25, 0.3) is 0 Å². The van der Waals surface area contributed by atoms with Crippen molar-refractivity contribution in [2.75, 3.05) is 13.1 Å². The summed E-state index contributed by atoms with van der Waals surface area (Å²) in [5, 5.41) is 0. The molecule has 2 rings (SSSR count). The number of hydrogen-bond acceptors (Lipinski definition) is 4. The van der Waals surface area contributed by atoms with Gasteiger partial charge in [-0.25, -0.2) is 8.42 Å². The van der Waals surface area contributed by atoms with Crippen molar-refractivity contribution in [3.8, 4) is 0 Å². The molecule has 1 aromatic rings. The maximum Gasteiger partial charge on any atom is 0.332 e. The predicted molar refractivity (Wildman–Crippen MR) is 71.9 cm³/mol. The summed E-state index contributed by atoms with van der Waals surface area (Å²) in [6.45, 7) is 2.95. The molecule has 1 unspecified atom stereocenters. The molecule has 1 aliphatic rings. The Hall–Kier alpha value is -0.990. The van der Waals surface area contributed by atoms with Crippen LogP contribution in [0.2, 0.25) is 0 Å². The lowest BCUT2D eigenvalue weighted by Crippen LogP contribution is -2.28. The van der Waals surface area contributed by atoms with E-state index < -0.39 is 25.1 Å². The second kappa shape index (κ2) is 5.42. The van der Waals surface area contributed by atoms with Crippen molar-refractivity contribution < 1.29 is 20.7 Å². The third-order valence-corrected chi connectivity index (χ3v) is 6.28. The van der Waals surface area contributed by atoms with E-state index in [1.165, 1.54) is 4.31 Å². The summed E-state index contributed by atoms with van der Waals surface area (Å²) < 4.78 is 60.2. The molecule has 0 N–H and O–H groups in total. The van der Waals surface area contributed by atoms with E-state index in [1.807, 2.05) is 6.92 Å². The topological polar surface area (TPSA) is 71.5 Å². The van der Waals surface area contributed by atoms with Crippen LogP contribution < -0.4 is 0 Å². The van der Waals surface area contributed by atoms with Gasteiger partial charge in [0.1, 0.15) is 0 Å². The van der Waals surface area contributed by atoms with E-state index in [-0.39, 0.29) is 4.90 Å². The average Bonchev–Trinajstić information content (AvgIpc) is 2.87. The van der Waals surface area contributed by atoms with Crippen LogP contribution in [0.25, 0.3) is 0 Å². The first-order valence-corrected chi connectivity index (χ1v) is 9.12. The average molecular weight is 321 g/mol. The number of hydrogen-bond donors (Lipinski definition) is 0. The van der Waals surface area contributed by atoms with E-state index in [9.17, 15) is 20.7 Å². The number of benzene rings is 1. The van der Waals surface area contributed by atoms with Gasteiger partial charge >= 0.3 is 10.2 Å². The highest BCUT2D eigenvalue weighted by Gasteiger charge is 2.31. The fraction of sp³-hybridized carbons (Fsp3) is 0.500. The zero-order chi connectivity index (χ0) is 15.0. The Bertz CT molecular complexity index is 683. The van der Waals surface area contributed by atoms with Crippen LogP contribution in [-0.4, -0.2) is 34.2 Å². The van der Waals surface area contributed by atoms with E-state index >= 15 is 0 Å². The quantitative estimate of drug-likeness (QED) is 0.792. The van der Waals surface area contributed by atoms with Crippen molar-refractivity contribution in [3.63, 3.8) is 0 Å². The van der Waals surface area contributed by atoms with Crippen molar-refractivity contribution >= 4 is 20.2 Å². The zero-order valence-corrected chi connectivity index (χ0v) is 12.6. The highest BCUT2D eigenvalue weighted by Crippen LogP contribution is 2.26. The van der Waals surface area contributed by atoms with Crippen molar-refractivity contribution in [2.24, 2.45) is 5.92 Å². The Kier molecular flexibility index (Phi) is 4.17. The van der Waals surface area contributed by atoms with Crippen LogP contribution in [-0.2, 0) is 20.2 Å². The molecular weight excluding hydrogens is 305 g/mol. The monoisotopic (exact) mass is 321 g/mol. The second-order valence-electron chi connectivity index (χ2n) is 4.84. The Labute approximate surface area is 118 Å². The third-order valence-electron chi connectivity index (χ3n) is 3.57. The van der Waals surface area contributed by atoms with Gasteiger partial charge in [-0.3, -0.25) is 0 Å². The van der Waals surface area contributed by atoms with E-state index in [0.29, 0.717) is 19.0 Å². The van der Waals surface area contributed by atoms with Gasteiger partial charge in [0.05, 0.1) is 9.79 Å². The Balaban J connectivity index is 2.27. The van der Waals surface area contributed by atoms with Gasteiger partial charge in [-0.2, -0.15) is 12.7 Å². The highest BCUT2D eigenvalue weighted by atomic mass is 32.3. The summed E-state index contributed by atoms with van der Waals surface area (Å²) in [4.78, 5) is -0.550. The van der Waals surface area contributed by atoms with Crippen molar-refractivity contribution in [3.05, 3.63) is 24.3 Å². The SMILES string of the molecule is CCC1CCN(S(=O)(=O)c2ccc(S(=O)(=O)F)cc2)C1. The number of rotatable bonds is 4. The first kappa shape index (κ1) is 15.4. The summed E-state index contributed by atoms with van der Waals surface area (Å²) >= 11 is 0. The lowest BCUT2D eigenvalue weighted by atomic mass is 10.1. The molecule has 8 heteroatoms. The van der Waals surface area contributed by atoms with Gasteiger partial charge in [-0.1, -0.05) is 13.3 Å². The van der Waals surface area contributed by atoms with Crippen molar-refractivity contribution in [1.29, 1.82) is 0 Å². The lowest BCUT2D eigenvalue weighted by molar-refractivity contribution is 0.453. The molecule has 1 heterocycles. The minimum absolute atomic E-state index is 0.0124. The Morgan fingerprint density at radius 3 is 2.15 bits per heavy atom. The summed E-state index contributed by atoms with van der Waals surface area (Å²) in [5.41, 5.74) is 0. The molecule has 112 valence electrons. The van der Waals surface area contributed by atoms with Gasteiger partial charge in [0, 0.05) is 13.1 Å². The third kappa shape index (κ3) is 3.02. The molecule has 0 aromatic heterocycles. The van der Waals surface area contributed by atoms with E-state index in [0.717, 1.165) is 37.1 Å². The van der Waals surface area contributed by atoms with E-state index in [4.69, 9.17) is 0 Å². The molecule has 1 saturated heterocycles. The molecule has 0 spiro atoms. The molecule has 20 heavy (non-hydrogen) atoms. The molecular formula is C12H16FNO4S2. The van der Waals surface area contributed by atoms with Crippen molar-refractivity contribution in [1.82, 2.24) is 4.31 Å². The molecule has 0 radical (unpaired) electrons. The summed E-state index contributed by atoms with van der Waals surface area (Å²) in [7, 11) is -8.43. The summed E-state index contributed by atoms with van der Waals surface area (Å²) in [6.07, 6.45) is 1.75. The molecule has 1 atom stereocenters. The normalized spacial score (nSPS) is 21.2.